The van der Waals surface area contributed by atoms with E-state index in [0.717, 1.165) is 6.07 Å². The molecule has 25 heavy (non-hydrogen) atoms. The number of amides is 2. The third-order valence-corrected chi connectivity index (χ3v) is 5.31. The third kappa shape index (κ3) is 4.87. The molecule has 2 amide bonds. The average molecular weight is 364 g/mol. The molecule has 2 aromatic carbocycles. The molecule has 8 heteroatoms. The molecular weight excluding hydrogens is 347 g/mol. The molecule has 0 fully saturated rings. The van der Waals surface area contributed by atoms with E-state index in [1.54, 1.807) is 18.2 Å². The van der Waals surface area contributed by atoms with Crippen LogP contribution in [-0.2, 0) is 14.6 Å². The van der Waals surface area contributed by atoms with Crippen molar-refractivity contribution in [1.82, 2.24) is 5.32 Å². The predicted octanol–water partition coefficient (Wildman–Crippen LogP) is 1.27. The Kier molecular flexibility index (Phi) is 5.87. The second-order valence-corrected chi connectivity index (χ2v) is 7.44. The van der Waals surface area contributed by atoms with Crippen LogP contribution >= 0.6 is 0 Å². The summed E-state index contributed by atoms with van der Waals surface area (Å²) in [4.78, 5) is 23.7. The molecule has 0 aliphatic heterocycles. The number of primary amides is 1. The summed E-state index contributed by atoms with van der Waals surface area (Å²) in [5.41, 5.74) is 4.98. The Morgan fingerprint density at radius 3 is 2.24 bits per heavy atom. The average Bonchev–Trinajstić information content (AvgIpc) is 2.59. The molecule has 3 N–H and O–H groups in total. The van der Waals surface area contributed by atoms with E-state index in [4.69, 9.17) is 5.73 Å². The van der Waals surface area contributed by atoms with Crippen LogP contribution in [0.2, 0.25) is 0 Å². The summed E-state index contributed by atoms with van der Waals surface area (Å²) in [6, 6.07) is 11.7. The molecule has 0 aliphatic carbocycles. The van der Waals surface area contributed by atoms with Gasteiger partial charge in [0, 0.05) is 0 Å². The fraction of sp³-hybridized carbons (Fsp3) is 0.176. The smallest absolute Gasteiger partial charge is 0.254 e. The summed E-state index contributed by atoms with van der Waals surface area (Å²) in [7, 11) is -3.63. The minimum absolute atomic E-state index is 0.110. The molecule has 2 rings (SSSR count). The molecule has 0 saturated carbocycles. The molecule has 0 saturated heterocycles. The number of nitrogens with one attached hydrogen (secondary N) is 1. The first-order chi connectivity index (χ1) is 11.8. The van der Waals surface area contributed by atoms with Gasteiger partial charge in [-0.3, -0.25) is 9.59 Å². The van der Waals surface area contributed by atoms with Gasteiger partial charge in [0.15, 0.2) is 9.84 Å². The SMILES string of the molecule is NC(=O)[C@@H](CCS(=O)(=O)c1ccccc1)NC(=O)c1ccccc1F. The van der Waals surface area contributed by atoms with Crippen molar-refractivity contribution in [2.45, 2.75) is 17.4 Å². The van der Waals surface area contributed by atoms with Crippen molar-refractivity contribution in [3.05, 3.63) is 66.0 Å². The van der Waals surface area contributed by atoms with Crippen LogP contribution in [0, 0.1) is 5.82 Å². The molecule has 0 aromatic heterocycles. The van der Waals surface area contributed by atoms with Crippen molar-refractivity contribution in [2.24, 2.45) is 5.73 Å². The van der Waals surface area contributed by atoms with Crippen molar-refractivity contribution in [3.63, 3.8) is 0 Å². The quantitative estimate of drug-likeness (QED) is 0.772. The second-order valence-electron chi connectivity index (χ2n) is 5.33. The highest BCUT2D eigenvalue weighted by atomic mass is 32.2. The van der Waals surface area contributed by atoms with Gasteiger partial charge in [-0.1, -0.05) is 30.3 Å². The van der Waals surface area contributed by atoms with E-state index in [-0.39, 0.29) is 22.6 Å². The summed E-state index contributed by atoms with van der Waals surface area (Å²) in [5, 5.41) is 2.28. The maximum atomic E-state index is 13.6. The molecular formula is C17H17FN2O4S. The number of carbonyl (C=O) groups excluding carboxylic acids is 2. The van der Waals surface area contributed by atoms with Crippen LogP contribution in [0.1, 0.15) is 16.8 Å². The lowest BCUT2D eigenvalue weighted by Crippen LogP contribution is -2.45. The number of rotatable bonds is 7. The van der Waals surface area contributed by atoms with Crippen LogP contribution < -0.4 is 11.1 Å². The zero-order chi connectivity index (χ0) is 18.4. The summed E-state index contributed by atoms with van der Waals surface area (Å²) in [5.74, 6) is -2.87. The van der Waals surface area contributed by atoms with Gasteiger partial charge >= 0.3 is 0 Å². The maximum absolute atomic E-state index is 13.6. The van der Waals surface area contributed by atoms with Crippen LogP contribution in [-0.4, -0.2) is 32.0 Å². The monoisotopic (exact) mass is 364 g/mol. The fourth-order valence-corrected chi connectivity index (χ4v) is 3.54. The van der Waals surface area contributed by atoms with E-state index < -0.39 is 33.5 Å². The molecule has 0 bridgehead atoms. The number of nitrogens with two attached hydrogens (primary N) is 1. The second kappa shape index (κ2) is 7.89. The van der Waals surface area contributed by atoms with Gasteiger partial charge in [0.05, 0.1) is 16.2 Å². The van der Waals surface area contributed by atoms with Crippen LogP contribution in [0.5, 0.6) is 0 Å². The van der Waals surface area contributed by atoms with E-state index in [1.165, 1.54) is 30.3 Å². The van der Waals surface area contributed by atoms with E-state index in [9.17, 15) is 22.4 Å². The van der Waals surface area contributed by atoms with Crippen molar-refractivity contribution < 1.29 is 22.4 Å². The third-order valence-electron chi connectivity index (χ3n) is 3.54. The molecule has 6 nitrogen and oxygen atoms in total. The van der Waals surface area contributed by atoms with E-state index in [0.29, 0.717) is 0 Å². The highest BCUT2D eigenvalue weighted by Gasteiger charge is 2.24. The summed E-state index contributed by atoms with van der Waals surface area (Å²) < 4.78 is 38.1. The Bertz CT molecular complexity index is 869. The molecule has 2 aromatic rings. The summed E-state index contributed by atoms with van der Waals surface area (Å²) in [6.45, 7) is 0. The lowest BCUT2D eigenvalue weighted by atomic mass is 10.1. The van der Waals surface area contributed by atoms with Crippen molar-refractivity contribution >= 4 is 21.7 Å². The Morgan fingerprint density at radius 1 is 1.04 bits per heavy atom. The zero-order valence-electron chi connectivity index (χ0n) is 13.2. The molecule has 0 spiro atoms. The van der Waals surface area contributed by atoms with Crippen LogP contribution in [0.25, 0.3) is 0 Å². The molecule has 0 heterocycles. The standard InChI is InChI=1S/C17H17FN2O4S/c18-14-9-5-4-8-13(14)17(22)20-15(16(19)21)10-11-25(23,24)12-6-2-1-3-7-12/h1-9,15H,10-11H2,(H2,19,21)(H,20,22)/t15-/m1/s1. The number of carbonyl (C=O) groups is 2. The Labute approximate surface area is 144 Å². The maximum Gasteiger partial charge on any atom is 0.254 e. The first-order valence-electron chi connectivity index (χ1n) is 7.44. The number of halogens is 1. The molecule has 0 aliphatic rings. The van der Waals surface area contributed by atoms with E-state index in [2.05, 4.69) is 5.32 Å². The summed E-state index contributed by atoms with van der Waals surface area (Å²) >= 11 is 0. The lowest BCUT2D eigenvalue weighted by molar-refractivity contribution is -0.119. The van der Waals surface area contributed by atoms with Crippen LogP contribution in [0.3, 0.4) is 0 Å². The Hall–Kier alpha value is -2.74. The van der Waals surface area contributed by atoms with Gasteiger partial charge in [-0.25, -0.2) is 12.8 Å². The van der Waals surface area contributed by atoms with Gasteiger partial charge in [0.2, 0.25) is 5.91 Å². The van der Waals surface area contributed by atoms with Gasteiger partial charge in [0.1, 0.15) is 11.9 Å². The first kappa shape index (κ1) is 18.6. The van der Waals surface area contributed by atoms with E-state index >= 15 is 0 Å². The number of sulfone groups is 1. The van der Waals surface area contributed by atoms with Gasteiger partial charge in [-0.15, -0.1) is 0 Å². The molecule has 1 atom stereocenters. The highest BCUT2D eigenvalue weighted by molar-refractivity contribution is 7.91. The van der Waals surface area contributed by atoms with Crippen molar-refractivity contribution in [3.8, 4) is 0 Å². The number of hydrogen-bond acceptors (Lipinski definition) is 4. The minimum Gasteiger partial charge on any atom is -0.368 e. The number of benzene rings is 2. The molecule has 0 radical (unpaired) electrons. The topological polar surface area (TPSA) is 106 Å². The number of hydrogen-bond donors (Lipinski definition) is 2. The molecule has 0 unspecified atom stereocenters. The Balaban J connectivity index is 2.08. The minimum atomic E-state index is -3.63. The first-order valence-corrected chi connectivity index (χ1v) is 9.09. The Morgan fingerprint density at radius 2 is 1.64 bits per heavy atom. The zero-order valence-corrected chi connectivity index (χ0v) is 14.0. The van der Waals surface area contributed by atoms with E-state index in [1.807, 2.05) is 0 Å². The van der Waals surface area contributed by atoms with Gasteiger partial charge in [0.25, 0.3) is 5.91 Å². The van der Waals surface area contributed by atoms with Crippen molar-refractivity contribution in [1.29, 1.82) is 0 Å². The largest absolute Gasteiger partial charge is 0.368 e. The van der Waals surface area contributed by atoms with Gasteiger partial charge in [-0.2, -0.15) is 0 Å². The van der Waals surface area contributed by atoms with Gasteiger partial charge < -0.3 is 11.1 Å². The van der Waals surface area contributed by atoms with Gasteiger partial charge in [-0.05, 0) is 30.7 Å². The lowest BCUT2D eigenvalue weighted by Gasteiger charge is -2.16. The normalized spacial score (nSPS) is 12.4. The summed E-state index contributed by atoms with van der Waals surface area (Å²) in [6.07, 6.45) is -0.216. The predicted molar refractivity (Wildman–Crippen MR) is 90.0 cm³/mol. The highest BCUT2D eigenvalue weighted by Crippen LogP contribution is 2.13. The van der Waals surface area contributed by atoms with Crippen molar-refractivity contribution in [2.75, 3.05) is 5.75 Å². The van der Waals surface area contributed by atoms with Crippen LogP contribution in [0.4, 0.5) is 4.39 Å². The fourth-order valence-electron chi connectivity index (χ4n) is 2.19. The molecule has 132 valence electrons. The van der Waals surface area contributed by atoms with Crippen LogP contribution in [0.15, 0.2) is 59.5 Å².